The molecule has 88 valence electrons. The molecule has 3 heteroatoms. The topological polar surface area (TPSA) is 32.7 Å². The van der Waals surface area contributed by atoms with Gasteiger partial charge in [-0.2, -0.15) is 0 Å². The molecule has 2 saturated heterocycles. The fourth-order valence-electron chi connectivity index (χ4n) is 2.95. The van der Waals surface area contributed by atoms with Gasteiger partial charge in [-0.15, -0.1) is 0 Å². The Bertz CT molecular complexity index is 202. The van der Waals surface area contributed by atoms with Crippen molar-refractivity contribution in [3.05, 3.63) is 0 Å². The van der Waals surface area contributed by atoms with Crippen molar-refractivity contribution in [2.75, 3.05) is 32.9 Å². The molecule has 0 aliphatic carbocycles. The number of nitrogens with zero attached hydrogens (tertiary/aromatic N) is 1. The van der Waals surface area contributed by atoms with E-state index in [4.69, 9.17) is 4.74 Å². The van der Waals surface area contributed by atoms with Gasteiger partial charge in [0.05, 0.1) is 13.2 Å². The summed E-state index contributed by atoms with van der Waals surface area (Å²) in [7, 11) is 0. The highest BCUT2D eigenvalue weighted by Crippen LogP contribution is 2.32. The standard InChI is InChI=1S/C12H23NO2/c1-2-11-4-3-6-13(11)8-12(9-14)5-7-15-10-12/h11,14H,2-10H2,1H3. The van der Waals surface area contributed by atoms with Crippen LogP contribution in [-0.4, -0.2) is 49.0 Å². The maximum Gasteiger partial charge on any atom is 0.0557 e. The van der Waals surface area contributed by atoms with Gasteiger partial charge in [0, 0.05) is 24.6 Å². The fourth-order valence-corrected chi connectivity index (χ4v) is 2.95. The Balaban J connectivity index is 1.94. The molecule has 0 radical (unpaired) electrons. The number of aliphatic hydroxyl groups is 1. The summed E-state index contributed by atoms with van der Waals surface area (Å²) >= 11 is 0. The molecule has 0 spiro atoms. The van der Waals surface area contributed by atoms with Crippen molar-refractivity contribution < 1.29 is 9.84 Å². The zero-order valence-electron chi connectivity index (χ0n) is 9.74. The predicted molar refractivity (Wildman–Crippen MR) is 59.8 cm³/mol. The highest BCUT2D eigenvalue weighted by Gasteiger charge is 2.38. The average molecular weight is 213 g/mol. The summed E-state index contributed by atoms with van der Waals surface area (Å²) in [6.45, 7) is 6.35. The third kappa shape index (κ3) is 2.35. The number of aliphatic hydroxyl groups excluding tert-OH is 1. The lowest BCUT2D eigenvalue weighted by Crippen LogP contribution is -2.42. The number of hydrogen-bond donors (Lipinski definition) is 1. The second kappa shape index (κ2) is 4.81. The van der Waals surface area contributed by atoms with Crippen molar-refractivity contribution in [3.63, 3.8) is 0 Å². The smallest absolute Gasteiger partial charge is 0.0557 e. The Hall–Kier alpha value is -0.120. The summed E-state index contributed by atoms with van der Waals surface area (Å²) in [6, 6.07) is 0.744. The minimum atomic E-state index is 0.0394. The van der Waals surface area contributed by atoms with Crippen molar-refractivity contribution in [2.45, 2.75) is 38.6 Å². The van der Waals surface area contributed by atoms with E-state index in [0.29, 0.717) is 0 Å². The van der Waals surface area contributed by atoms with Crippen LogP contribution in [0.15, 0.2) is 0 Å². The lowest BCUT2D eigenvalue weighted by Gasteiger charge is -2.33. The summed E-state index contributed by atoms with van der Waals surface area (Å²) in [6.07, 6.45) is 4.92. The minimum Gasteiger partial charge on any atom is -0.396 e. The van der Waals surface area contributed by atoms with Crippen LogP contribution in [0.5, 0.6) is 0 Å². The molecule has 15 heavy (non-hydrogen) atoms. The number of rotatable bonds is 4. The molecule has 2 aliphatic heterocycles. The van der Waals surface area contributed by atoms with Crippen molar-refractivity contribution in [1.29, 1.82) is 0 Å². The second-order valence-corrected chi connectivity index (χ2v) is 5.14. The Morgan fingerprint density at radius 2 is 2.40 bits per heavy atom. The molecular formula is C12H23NO2. The van der Waals surface area contributed by atoms with E-state index in [9.17, 15) is 5.11 Å². The van der Waals surface area contributed by atoms with Gasteiger partial charge in [0.25, 0.3) is 0 Å². The Labute approximate surface area is 92.4 Å². The van der Waals surface area contributed by atoms with E-state index in [0.717, 1.165) is 32.2 Å². The molecule has 2 atom stereocenters. The van der Waals surface area contributed by atoms with Crippen LogP contribution in [0.2, 0.25) is 0 Å². The first-order valence-electron chi connectivity index (χ1n) is 6.22. The van der Waals surface area contributed by atoms with E-state index in [1.165, 1.54) is 25.8 Å². The molecule has 3 nitrogen and oxygen atoms in total. The molecule has 2 fully saturated rings. The molecule has 0 amide bonds. The summed E-state index contributed by atoms with van der Waals surface area (Å²) in [5, 5.41) is 9.53. The third-order valence-electron chi connectivity index (χ3n) is 4.03. The van der Waals surface area contributed by atoms with Gasteiger partial charge in [0.1, 0.15) is 0 Å². The van der Waals surface area contributed by atoms with Crippen LogP contribution in [-0.2, 0) is 4.74 Å². The monoisotopic (exact) mass is 213 g/mol. The summed E-state index contributed by atoms with van der Waals surface area (Å²) < 4.78 is 5.44. The molecule has 0 bridgehead atoms. The molecule has 0 aromatic rings. The maximum absolute atomic E-state index is 9.53. The predicted octanol–water partition coefficient (Wildman–Crippen LogP) is 1.26. The van der Waals surface area contributed by atoms with Crippen molar-refractivity contribution in [1.82, 2.24) is 4.90 Å². The van der Waals surface area contributed by atoms with Gasteiger partial charge in [-0.25, -0.2) is 0 Å². The van der Waals surface area contributed by atoms with Gasteiger partial charge >= 0.3 is 0 Å². The summed E-state index contributed by atoms with van der Waals surface area (Å²) in [5.74, 6) is 0. The first kappa shape index (κ1) is 11.4. The van der Waals surface area contributed by atoms with Crippen LogP contribution in [0.4, 0.5) is 0 Å². The molecule has 1 N–H and O–H groups in total. The highest BCUT2D eigenvalue weighted by molar-refractivity contribution is 4.89. The van der Waals surface area contributed by atoms with Crippen LogP contribution in [0.3, 0.4) is 0 Å². The lowest BCUT2D eigenvalue weighted by atomic mass is 9.87. The molecule has 2 aliphatic rings. The van der Waals surface area contributed by atoms with Crippen LogP contribution >= 0.6 is 0 Å². The van der Waals surface area contributed by atoms with Gasteiger partial charge in [0.2, 0.25) is 0 Å². The SMILES string of the molecule is CCC1CCCN1CC1(CO)CCOC1. The third-order valence-corrected chi connectivity index (χ3v) is 4.03. The minimum absolute atomic E-state index is 0.0394. The van der Waals surface area contributed by atoms with Gasteiger partial charge in [0.15, 0.2) is 0 Å². The number of ether oxygens (including phenoxy) is 1. The molecule has 0 aromatic carbocycles. The molecule has 2 heterocycles. The Kier molecular flexibility index (Phi) is 3.65. The Morgan fingerprint density at radius 1 is 1.53 bits per heavy atom. The van der Waals surface area contributed by atoms with E-state index < -0.39 is 0 Å². The zero-order chi connectivity index (χ0) is 10.7. The maximum atomic E-state index is 9.53. The van der Waals surface area contributed by atoms with E-state index in [1.54, 1.807) is 0 Å². The first-order chi connectivity index (χ1) is 7.29. The van der Waals surface area contributed by atoms with E-state index in [-0.39, 0.29) is 12.0 Å². The number of hydrogen-bond acceptors (Lipinski definition) is 3. The van der Waals surface area contributed by atoms with Gasteiger partial charge < -0.3 is 9.84 Å². The number of likely N-dealkylation sites (tertiary alicyclic amines) is 1. The van der Waals surface area contributed by atoms with E-state index >= 15 is 0 Å². The Morgan fingerprint density at radius 3 is 3.00 bits per heavy atom. The largest absolute Gasteiger partial charge is 0.396 e. The van der Waals surface area contributed by atoms with Crippen LogP contribution in [0, 0.1) is 5.41 Å². The fraction of sp³-hybridized carbons (Fsp3) is 1.00. The zero-order valence-corrected chi connectivity index (χ0v) is 9.74. The van der Waals surface area contributed by atoms with Gasteiger partial charge in [-0.3, -0.25) is 4.90 Å². The molecular weight excluding hydrogens is 190 g/mol. The van der Waals surface area contributed by atoms with Crippen LogP contribution in [0.1, 0.15) is 32.6 Å². The average Bonchev–Trinajstić information content (AvgIpc) is 2.88. The van der Waals surface area contributed by atoms with E-state index in [2.05, 4.69) is 11.8 Å². The van der Waals surface area contributed by atoms with Crippen LogP contribution < -0.4 is 0 Å². The van der Waals surface area contributed by atoms with Crippen molar-refractivity contribution in [3.8, 4) is 0 Å². The van der Waals surface area contributed by atoms with Crippen LogP contribution in [0.25, 0.3) is 0 Å². The highest BCUT2D eigenvalue weighted by atomic mass is 16.5. The summed E-state index contributed by atoms with van der Waals surface area (Å²) in [5.41, 5.74) is 0.0394. The molecule has 0 aromatic heterocycles. The van der Waals surface area contributed by atoms with Gasteiger partial charge in [-0.1, -0.05) is 6.92 Å². The van der Waals surface area contributed by atoms with Gasteiger partial charge in [-0.05, 0) is 32.2 Å². The summed E-state index contributed by atoms with van der Waals surface area (Å²) in [4.78, 5) is 2.56. The van der Waals surface area contributed by atoms with Crippen molar-refractivity contribution in [2.24, 2.45) is 5.41 Å². The quantitative estimate of drug-likeness (QED) is 0.763. The molecule has 2 unspecified atom stereocenters. The lowest BCUT2D eigenvalue weighted by molar-refractivity contribution is 0.0521. The molecule has 2 rings (SSSR count). The normalized spacial score (nSPS) is 37.6. The molecule has 0 saturated carbocycles. The second-order valence-electron chi connectivity index (χ2n) is 5.14. The van der Waals surface area contributed by atoms with E-state index in [1.807, 2.05) is 0 Å². The van der Waals surface area contributed by atoms with Crippen molar-refractivity contribution >= 4 is 0 Å². The first-order valence-corrected chi connectivity index (χ1v) is 6.22.